The molecule has 0 aromatic carbocycles. The summed E-state index contributed by atoms with van der Waals surface area (Å²) in [6.45, 7) is 8.05. The quantitative estimate of drug-likeness (QED) is 0.539. The Hall–Kier alpha value is -1.76. The highest BCUT2D eigenvalue weighted by molar-refractivity contribution is 7.15. The number of likely N-dealkylation sites (N-methyl/N-ethyl adjacent to an activating group) is 1. The third-order valence-corrected chi connectivity index (χ3v) is 4.56. The molecule has 2 heterocycles. The van der Waals surface area contributed by atoms with E-state index in [2.05, 4.69) is 34.3 Å². The molecule has 1 aromatic rings. The molecule has 0 unspecified atom stereocenters. The fourth-order valence-corrected chi connectivity index (χ4v) is 3.23. The average molecular weight is 335 g/mol. The Morgan fingerprint density at radius 2 is 2.17 bits per heavy atom. The number of hydrogen-bond acceptors (Lipinski definition) is 5. The number of unbranched alkanes of at least 4 members (excludes halogenated alkanes) is 1. The molecule has 0 bridgehead atoms. The van der Waals surface area contributed by atoms with Gasteiger partial charge in [-0.2, -0.15) is 0 Å². The zero-order chi connectivity index (χ0) is 16.7. The SMILES string of the molecule is CC=CCCCc1nnc(N2C(=O)N(CC)CC2=NCCC)s1. The summed E-state index contributed by atoms with van der Waals surface area (Å²) in [5.74, 6) is 0.787. The second-order valence-corrected chi connectivity index (χ2v) is 6.41. The molecule has 2 amide bonds. The van der Waals surface area contributed by atoms with E-state index < -0.39 is 0 Å². The Balaban J connectivity index is 2.11. The van der Waals surface area contributed by atoms with Gasteiger partial charge < -0.3 is 4.90 Å². The highest BCUT2D eigenvalue weighted by Gasteiger charge is 2.36. The van der Waals surface area contributed by atoms with Crippen LogP contribution in [0.3, 0.4) is 0 Å². The third kappa shape index (κ3) is 4.37. The highest BCUT2D eigenvalue weighted by Crippen LogP contribution is 2.26. The van der Waals surface area contributed by atoms with Crippen molar-refractivity contribution in [1.82, 2.24) is 15.1 Å². The first-order chi connectivity index (χ1) is 11.2. The highest BCUT2D eigenvalue weighted by atomic mass is 32.1. The number of aliphatic imine (C=N–C) groups is 1. The number of hydrogen-bond donors (Lipinski definition) is 0. The van der Waals surface area contributed by atoms with Gasteiger partial charge in [0.2, 0.25) is 5.13 Å². The Bertz CT molecular complexity index is 581. The van der Waals surface area contributed by atoms with Crippen molar-refractivity contribution in [2.45, 2.75) is 46.5 Å². The first-order valence-electron chi connectivity index (χ1n) is 8.27. The smallest absolute Gasteiger partial charge is 0.317 e. The van der Waals surface area contributed by atoms with Gasteiger partial charge in [0.05, 0.1) is 6.54 Å². The molecule has 0 N–H and O–H groups in total. The lowest BCUT2D eigenvalue weighted by molar-refractivity contribution is 0.223. The van der Waals surface area contributed by atoms with Gasteiger partial charge in [0.25, 0.3) is 0 Å². The fourth-order valence-electron chi connectivity index (χ4n) is 2.34. The molecule has 0 spiro atoms. The molecule has 2 rings (SSSR count). The van der Waals surface area contributed by atoms with Crippen molar-refractivity contribution < 1.29 is 4.79 Å². The van der Waals surface area contributed by atoms with Crippen LogP contribution < -0.4 is 4.90 Å². The molecule has 0 saturated carbocycles. The predicted octanol–water partition coefficient (Wildman–Crippen LogP) is 3.51. The van der Waals surface area contributed by atoms with E-state index in [9.17, 15) is 4.79 Å². The average Bonchev–Trinajstić information content (AvgIpc) is 3.13. The van der Waals surface area contributed by atoms with Gasteiger partial charge in [-0.1, -0.05) is 30.4 Å². The van der Waals surface area contributed by atoms with Crippen LogP contribution in [-0.2, 0) is 6.42 Å². The van der Waals surface area contributed by atoms with E-state index in [0.717, 1.165) is 43.1 Å². The molecular formula is C16H25N5OS. The molecule has 7 heteroatoms. The molecule has 0 radical (unpaired) electrons. The van der Waals surface area contributed by atoms with Gasteiger partial charge in [-0.15, -0.1) is 10.2 Å². The van der Waals surface area contributed by atoms with Crippen molar-refractivity contribution in [2.24, 2.45) is 4.99 Å². The van der Waals surface area contributed by atoms with Crippen molar-refractivity contribution in [1.29, 1.82) is 0 Å². The van der Waals surface area contributed by atoms with Crippen LogP contribution in [0, 0.1) is 0 Å². The molecule has 23 heavy (non-hydrogen) atoms. The number of anilines is 1. The third-order valence-electron chi connectivity index (χ3n) is 3.60. The fraction of sp³-hybridized carbons (Fsp3) is 0.625. The summed E-state index contributed by atoms with van der Waals surface area (Å²) in [5.41, 5.74) is 0. The van der Waals surface area contributed by atoms with Gasteiger partial charge >= 0.3 is 6.03 Å². The number of nitrogens with zero attached hydrogens (tertiary/aromatic N) is 5. The summed E-state index contributed by atoms with van der Waals surface area (Å²) >= 11 is 1.49. The van der Waals surface area contributed by atoms with Crippen molar-refractivity contribution in [3.8, 4) is 0 Å². The summed E-state index contributed by atoms with van der Waals surface area (Å²) in [5, 5.41) is 10.1. The minimum Gasteiger partial charge on any atom is -0.317 e. The van der Waals surface area contributed by atoms with Crippen LogP contribution >= 0.6 is 11.3 Å². The summed E-state index contributed by atoms with van der Waals surface area (Å²) in [6, 6.07) is -0.0426. The van der Waals surface area contributed by atoms with Crippen LogP contribution in [0.25, 0.3) is 0 Å². The maximum atomic E-state index is 12.5. The van der Waals surface area contributed by atoms with E-state index in [1.807, 2.05) is 13.8 Å². The minimum absolute atomic E-state index is 0.0426. The zero-order valence-electron chi connectivity index (χ0n) is 14.2. The first-order valence-corrected chi connectivity index (χ1v) is 9.08. The number of amidine groups is 1. The molecule has 1 aromatic heterocycles. The molecule has 0 aliphatic carbocycles. The normalized spacial score (nSPS) is 17.2. The van der Waals surface area contributed by atoms with Gasteiger partial charge in [0.1, 0.15) is 10.8 Å². The number of carbonyl (C=O) groups excluding carboxylic acids is 1. The lowest BCUT2D eigenvalue weighted by Crippen LogP contribution is -2.33. The molecule has 0 atom stereocenters. The van der Waals surface area contributed by atoms with E-state index in [1.54, 1.807) is 9.80 Å². The van der Waals surface area contributed by atoms with E-state index in [1.165, 1.54) is 11.3 Å². The lowest BCUT2D eigenvalue weighted by Gasteiger charge is -2.13. The van der Waals surface area contributed by atoms with Crippen LogP contribution in [-0.4, -0.2) is 46.6 Å². The number of aromatic nitrogens is 2. The van der Waals surface area contributed by atoms with Gasteiger partial charge in [0.15, 0.2) is 0 Å². The maximum Gasteiger partial charge on any atom is 0.332 e. The van der Waals surface area contributed by atoms with Crippen molar-refractivity contribution in [2.75, 3.05) is 24.5 Å². The van der Waals surface area contributed by atoms with Crippen molar-refractivity contribution in [3.63, 3.8) is 0 Å². The molecule has 1 aliphatic heterocycles. The molecule has 126 valence electrons. The van der Waals surface area contributed by atoms with Gasteiger partial charge in [-0.25, -0.2) is 9.69 Å². The summed E-state index contributed by atoms with van der Waals surface area (Å²) in [6.07, 6.45) is 8.16. The minimum atomic E-state index is -0.0426. The van der Waals surface area contributed by atoms with E-state index in [-0.39, 0.29) is 6.03 Å². The van der Waals surface area contributed by atoms with Crippen LogP contribution in [0.2, 0.25) is 0 Å². The van der Waals surface area contributed by atoms with Gasteiger partial charge in [-0.05, 0) is 33.1 Å². The van der Waals surface area contributed by atoms with Crippen LogP contribution in [0.15, 0.2) is 17.1 Å². The van der Waals surface area contributed by atoms with E-state index in [4.69, 9.17) is 0 Å². The Morgan fingerprint density at radius 3 is 2.87 bits per heavy atom. The lowest BCUT2D eigenvalue weighted by atomic mass is 10.2. The van der Waals surface area contributed by atoms with Crippen LogP contribution in [0.4, 0.5) is 9.93 Å². The molecule has 1 saturated heterocycles. The van der Waals surface area contributed by atoms with Gasteiger partial charge in [-0.3, -0.25) is 4.99 Å². The van der Waals surface area contributed by atoms with Crippen molar-refractivity contribution in [3.05, 3.63) is 17.2 Å². The molecule has 6 nitrogen and oxygen atoms in total. The summed E-state index contributed by atoms with van der Waals surface area (Å²) in [4.78, 5) is 20.5. The van der Waals surface area contributed by atoms with E-state index >= 15 is 0 Å². The second-order valence-electron chi connectivity index (χ2n) is 5.37. The van der Waals surface area contributed by atoms with E-state index in [0.29, 0.717) is 18.2 Å². The zero-order valence-corrected chi connectivity index (χ0v) is 15.0. The van der Waals surface area contributed by atoms with Gasteiger partial charge in [0, 0.05) is 19.5 Å². The molecule has 1 fully saturated rings. The number of allylic oxidation sites excluding steroid dienone is 2. The molecular weight excluding hydrogens is 310 g/mol. The Kier molecular flexibility index (Phi) is 6.70. The maximum absolute atomic E-state index is 12.5. The Morgan fingerprint density at radius 1 is 1.35 bits per heavy atom. The second kappa shape index (κ2) is 8.76. The summed E-state index contributed by atoms with van der Waals surface area (Å²) < 4.78 is 0. The molecule has 1 aliphatic rings. The predicted molar refractivity (Wildman–Crippen MR) is 95.4 cm³/mol. The number of amides is 2. The number of aryl methyl sites for hydroxylation is 1. The topological polar surface area (TPSA) is 61.7 Å². The first kappa shape index (κ1) is 17.6. The Labute approximate surface area is 141 Å². The summed E-state index contributed by atoms with van der Waals surface area (Å²) in [7, 11) is 0. The monoisotopic (exact) mass is 335 g/mol. The van der Waals surface area contributed by atoms with Crippen LogP contribution in [0.5, 0.6) is 0 Å². The standard InChI is InChI=1S/C16H25N5OS/c1-4-7-8-9-10-14-18-19-15(23-14)21-13(17-11-5-2)12-20(6-3)16(21)22/h4,7H,5-6,8-12H2,1-3H3. The number of rotatable bonds is 8. The largest absolute Gasteiger partial charge is 0.332 e. The van der Waals surface area contributed by atoms with Crippen LogP contribution in [0.1, 0.15) is 45.0 Å². The number of urea groups is 1. The number of carbonyl (C=O) groups is 1. The van der Waals surface area contributed by atoms with Crippen molar-refractivity contribution >= 4 is 28.3 Å².